The molecule has 128 valence electrons. The van der Waals surface area contributed by atoms with Crippen LogP contribution >= 0.6 is 15.9 Å². The van der Waals surface area contributed by atoms with Crippen molar-refractivity contribution in [2.24, 2.45) is 0 Å². The largest absolute Gasteiger partial charge is 0.332 e. The van der Waals surface area contributed by atoms with Crippen LogP contribution in [0.4, 0.5) is 5.69 Å². The smallest absolute Gasteiger partial charge is 0.276 e. The first-order chi connectivity index (χ1) is 12.0. The van der Waals surface area contributed by atoms with Crippen molar-refractivity contribution in [3.05, 3.63) is 80.3 Å². The van der Waals surface area contributed by atoms with E-state index >= 15 is 0 Å². The molecule has 0 unspecified atom stereocenters. The van der Waals surface area contributed by atoms with E-state index in [4.69, 9.17) is 0 Å². The van der Waals surface area contributed by atoms with Crippen molar-refractivity contribution in [3.63, 3.8) is 0 Å². The minimum absolute atomic E-state index is 0.00323. The van der Waals surface area contributed by atoms with Gasteiger partial charge in [-0.2, -0.15) is 0 Å². The molecule has 1 saturated carbocycles. The number of carbonyl (C=O) groups excluding carboxylic acids is 1. The molecule has 3 rings (SSSR count). The Morgan fingerprint density at radius 2 is 2.00 bits per heavy atom. The fraction of sp³-hybridized carbons (Fsp3) is 0.211. The van der Waals surface area contributed by atoms with Gasteiger partial charge in [0.2, 0.25) is 5.91 Å². The Morgan fingerprint density at radius 1 is 1.24 bits per heavy atom. The molecule has 2 aromatic carbocycles. The number of hydrogen-bond donors (Lipinski definition) is 0. The number of benzene rings is 2. The maximum absolute atomic E-state index is 12.6. The highest BCUT2D eigenvalue weighted by Crippen LogP contribution is 2.29. The third-order valence-corrected chi connectivity index (χ3v) is 4.54. The number of para-hydroxylation sites is 1. The van der Waals surface area contributed by atoms with E-state index in [9.17, 15) is 14.9 Å². The highest BCUT2D eigenvalue weighted by molar-refractivity contribution is 9.10. The van der Waals surface area contributed by atoms with Crippen LogP contribution in [0.1, 0.15) is 24.0 Å². The molecule has 0 spiro atoms. The van der Waals surface area contributed by atoms with Crippen LogP contribution < -0.4 is 0 Å². The standard InChI is InChI=1S/C19H17BrN2O3/c20-16-6-3-4-14(12-16)13-21(17-9-10-17)19(23)11-8-15-5-1-2-7-18(15)22(24)25/h1-8,11-12,17H,9-10,13H2/b11-8+. The Labute approximate surface area is 154 Å². The van der Waals surface area contributed by atoms with Crippen molar-refractivity contribution >= 4 is 33.6 Å². The molecule has 0 saturated heterocycles. The molecule has 0 heterocycles. The Bertz CT molecular complexity index is 831. The van der Waals surface area contributed by atoms with Crippen molar-refractivity contribution < 1.29 is 9.72 Å². The molecule has 0 atom stereocenters. The summed E-state index contributed by atoms with van der Waals surface area (Å²) in [4.78, 5) is 25.1. The number of nitro benzene ring substituents is 1. The minimum atomic E-state index is -0.440. The van der Waals surface area contributed by atoms with Crippen LogP contribution in [0.3, 0.4) is 0 Å². The summed E-state index contributed by atoms with van der Waals surface area (Å²) < 4.78 is 0.976. The Balaban J connectivity index is 1.77. The second-order valence-electron chi connectivity index (χ2n) is 5.98. The fourth-order valence-electron chi connectivity index (χ4n) is 2.66. The minimum Gasteiger partial charge on any atom is -0.332 e. The van der Waals surface area contributed by atoms with E-state index in [0.717, 1.165) is 22.9 Å². The van der Waals surface area contributed by atoms with Gasteiger partial charge in [0.25, 0.3) is 5.69 Å². The third kappa shape index (κ3) is 4.54. The van der Waals surface area contributed by atoms with Gasteiger partial charge in [-0.1, -0.05) is 40.2 Å². The first-order valence-electron chi connectivity index (χ1n) is 8.01. The van der Waals surface area contributed by atoms with Crippen LogP contribution in [0.25, 0.3) is 6.08 Å². The molecule has 1 aliphatic rings. The first kappa shape index (κ1) is 17.4. The number of nitrogens with zero attached hydrogens (tertiary/aromatic N) is 2. The number of nitro groups is 1. The summed E-state index contributed by atoms with van der Waals surface area (Å²) in [5.74, 6) is -0.124. The molecule has 0 bridgehead atoms. The van der Waals surface area contributed by atoms with Gasteiger partial charge in [0.05, 0.1) is 10.5 Å². The number of rotatable bonds is 6. The van der Waals surface area contributed by atoms with Crippen molar-refractivity contribution in [2.45, 2.75) is 25.4 Å². The zero-order valence-electron chi connectivity index (χ0n) is 13.5. The number of amides is 1. The monoisotopic (exact) mass is 400 g/mol. The van der Waals surface area contributed by atoms with Crippen LogP contribution in [0.15, 0.2) is 59.1 Å². The van der Waals surface area contributed by atoms with Gasteiger partial charge in [0.1, 0.15) is 0 Å². The van der Waals surface area contributed by atoms with Crippen LogP contribution in [-0.2, 0) is 11.3 Å². The highest BCUT2D eigenvalue weighted by Gasteiger charge is 2.31. The summed E-state index contributed by atoms with van der Waals surface area (Å²) in [6.07, 6.45) is 4.95. The summed E-state index contributed by atoms with van der Waals surface area (Å²) in [7, 11) is 0. The van der Waals surface area contributed by atoms with E-state index in [0.29, 0.717) is 12.1 Å². The van der Waals surface area contributed by atoms with E-state index in [1.165, 1.54) is 18.2 Å². The molecule has 2 aromatic rings. The lowest BCUT2D eigenvalue weighted by atomic mass is 10.1. The molecule has 25 heavy (non-hydrogen) atoms. The van der Waals surface area contributed by atoms with Crippen LogP contribution in [0, 0.1) is 10.1 Å². The fourth-order valence-corrected chi connectivity index (χ4v) is 3.10. The maximum atomic E-state index is 12.6. The van der Waals surface area contributed by atoms with Crippen molar-refractivity contribution in [1.82, 2.24) is 4.90 Å². The van der Waals surface area contributed by atoms with Crippen molar-refractivity contribution in [1.29, 1.82) is 0 Å². The molecule has 0 radical (unpaired) electrons. The molecular formula is C19H17BrN2O3. The van der Waals surface area contributed by atoms with Gasteiger partial charge in [-0.3, -0.25) is 14.9 Å². The molecule has 0 N–H and O–H groups in total. The van der Waals surface area contributed by atoms with Gasteiger partial charge in [-0.05, 0) is 42.7 Å². The van der Waals surface area contributed by atoms with Crippen LogP contribution in [0.5, 0.6) is 0 Å². The molecule has 6 heteroatoms. The van der Waals surface area contributed by atoms with E-state index < -0.39 is 4.92 Å². The van der Waals surface area contributed by atoms with E-state index in [1.807, 2.05) is 29.2 Å². The highest BCUT2D eigenvalue weighted by atomic mass is 79.9. The van der Waals surface area contributed by atoms with Crippen molar-refractivity contribution in [3.8, 4) is 0 Å². The van der Waals surface area contributed by atoms with Gasteiger partial charge in [0, 0.05) is 29.2 Å². The second-order valence-corrected chi connectivity index (χ2v) is 6.89. The average Bonchev–Trinajstić information content (AvgIpc) is 3.42. The number of carbonyl (C=O) groups is 1. The van der Waals surface area contributed by atoms with Gasteiger partial charge >= 0.3 is 0 Å². The lowest BCUT2D eigenvalue weighted by molar-refractivity contribution is -0.385. The lowest BCUT2D eigenvalue weighted by Gasteiger charge is -2.21. The van der Waals surface area contributed by atoms with Gasteiger partial charge < -0.3 is 4.90 Å². The Morgan fingerprint density at radius 3 is 2.68 bits per heavy atom. The molecule has 0 aliphatic heterocycles. The molecular weight excluding hydrogens is 384 g/mol. The van der Waals surface area contributed by atoms with Crippen LogP contribution in [-0.4, -0.2) is 21.8 Å². The van der Waals surface area contributed by atoms with Gasteiger partial charge in [-0.15, -0.1) is 0 Å². The summed E-state index contributed by atoms with van der Waals surface area (Å²) in [5.41, 5.74) is 1.48. The van der Waals surface area contributed by atoms with Crippen molar-refractivity contribution in [2.75, 3.05) is 0 Å². The summed E-state index contributed by atoms with van der Waals surface area (Å²) in [6, 6.07) is 14.5. The molecule has 1 fully saturated rings. The predicted octanol–water partition coefficient (Wildman–Crippen LogP) is 4.56. The molecule has 1 aliphatic carbocycles. The first-order valence-corrected chi connectivity index (χ1v) is 8.80. The second kappa shape index (κ2) is 7.61. The normalized spacial score (nSPS) is 13.8. The zero-order valence-corrected chi connectivity index (χ0v) is 15.1. The lowest BCUT2D eigenvalue weighted by Crippen LogP contribution is -2.31. The van der Waals surface area contributed by atoms with Gasteiger partial charge in [0.15, 0.2) is 0 Å². The van der Waals surface area contributed by atoms with E-state index in [2.05, 4.69) is 15.9 Å². The molecule has 5 nitrogen and oxygen atoms in total. The van der Waals surface area contributed by atoms with E-state index in [-0.39, 0.29) is 17.6 Å². The topological polar surface area (TPSA) is 63.4 Å². The predicted molar refractivity (Wildman–Crippen MR) is 99.8 cm³/mol. The number of hydrogen-bond acceptors (Lipinski definition) is 3. The van der Waals surface area contributed by atoms with Crippen LogP contribution in [0.2, 0.25) is 0 Å². The third-order valence-electron chi connectivity index (χ3n) is 4.05. The zero-order chi connectivity index (χ0) is 17.8. The average molecular weight is 401 g/mol. The molecule has 0 aromatic heterocycles. The Kier molecular flexibility index (Phi) is 5.28. The summed E-state index contributed by atoms with van der Waals surface area (Å²) >= 11 is 3.44. The SMILES string of the molecule is O=C(/C=C/c1ccccc1[N+](=O)[O-])N(Cc1cccc(Br)c1)C1CC1. The quantitative estimate of drug-likeness (QED) is 0.405. The van der Waals surface area contributed by atoms with E-state index in [1.54, 1.807) is 18.2 Å². The summed E-state index contributed by atoms with van der Waals surface area (Å²) in [6.45, 7) is 0.532. The summed E-state index contributed by atoms with van der Waals surface area (Å²) in [5, 5.41) is 11.1. The Hall–Kier alpha value is -2.47. The van der Waals surface area contributed by atoms with Gasteiger partial charge in [-0.25, -0.2) is 0 Å². The maximum Gasteiger partial charge on any atom is 0.276 e. The number of halogens is 1. The molecule has 1 amide bonds.